The molecule has 0 aliphatic heterocycles. The number of ether oxygens (including phenoxy) is 1. The summed E-state index contributed by atoms with van der Waals surface area (Å²) in [6.45, 7) is 1.73. The van der Waals surface area contributed by atoms with Crippen LogP contribution in [0, 0.1) is 0 Å². The van der Waals surface area contributed by atoms with E-state index >= 15 is 0 Å². The van der Waals surface area contributed by atoms with Crippen LogP contribution in [0.1, 0.15) is 6.92 Å². The van der Waals surface area contributed by atoms with Crippen molar-refractivity contribution in [1.29, 1.82) is 0 Å². The standard InChI is InChI=1S/C9H10O4S/c1-2-7-13-8-5-3-4-6-9(8)14(10,11)12/h2-7H,1H3,(H,10,11,12)/b7-2-. The van der Waals surface area contributed by atoms with Crippen molar-refractivity contribution in [2.75, 3.05) is 0 Å². The zero-order valence-corrected chi connectivity index (χ0v) is 8.36. The quantitative estimate of drug-likeness (QED) is 0.616. The molecule has 0 fully saturated rings. The van der Waals surface area contributed by atoms with Crippen molar-refractivity contribution >= 4 is 10.1 Å². The molecule has 0 heterocycles. The second-order valence-corrected chi connectivity index (χ2v) is 3.90. The molecule has 1 aromatic carbocycles. The lowest BCUT2D eigenvalue weighted by Gasteiger charge is -2.04. The molecule has 1 rings (SSSR count). The molecule has 0 amide bonds. The van der Waals surface area contributed by atoms with Gasteiger partial charge in [0.2, 0.25) is 0 Å². The molecule has 0 spiro atoms. The molecule has 0 bridgehead atoms. The molecule has 0 radical (unpaired) electrons. The molecular weight excluding hydrogens is 204 g/mol. The molecule has 0 atom stereocenters. The molecule has 0 saturated carbocycles. The highest BCUT2D eigenvalue weighted by Gasteiger charge is 2.14. The fourth-order valence-electron chi connectivity index (χ4n) is 0.902. The van der Waals surface area contributed by atoms with Gasteiger partial charge in [0.1, 0.15) is 10.6 Å². The summed E-state index contributed by atoms with van der Waals surface area (Å²) in [5, 5.41) is 0. The van der Waals surface area contributed by atoms with Crippen LogP contribution in [0.25, 0.3) is 0 Å². The van der Waals surface area contributed by atoms with Crippen molar-refractivity contribution < 1.29 is 17.7 Å². The van der Waals surface area contributed by atoms with Crippen molar-refractivity contribution in [2.45, 2.75) is 11.8 Å². The van der Waals surface area contributed by atoms with Crippen LogP contribution in [-0.4, -0.2) is 13.0 Å². The third-order valence-electron chi connectivity index (χ3n) is 1.46. The van der Waals surface area contributed by atoms with Gasteiger partial charge in [-0.15, -0.1) is 0 Å². The Balaban J connectivity index is 3.16. The maximum absolute atomic E-state index is 10.9. The summed E-state index contributed by atoms with van der Waals surface area (Å²) in [4.78, 5) is -0.238. The van der Waals surface area contributed by atoms with Crippen LogP contribution in [0.15, 0.2) is 41.5 Å². The summed E-state index contributed by atoms with van der Waals surface area (Å²) >= 11 is 0. The first-order valence-corrected chi connectivity index (χ1v) is 5.34. The fourth-order valence-corrected chi connectivity index (χ4v) is 1.52. The van der Waals surface area contributed by atoms with Crippen LogP contribution in [0.5, 0.6) is 5.75 Å². The zero-order chi connectivity index (χ0) is 10.6. The van der Waals surface area contributed by atoms with Gasteiger partial charge in [-0.3, -0.25) is 4.55 Å². The van der Waals surface area contributed by atoms with Crippen molar-refractivity contribution in [3.8, 4) is 5.75 Å². The molecular formula is C9H10O4S. The van der Waals surface area contributed by atoms with Crippen molar-refractivity contribution in [1.82, 2.24) is 0 Å². The third-order valence-corrected chi connectivity index (χ3v) is 2.35. The molecule has 0 saturated heterocycles. The van der Waals surface area contributed by atoms with Crippen LogP contribution in [0.3, 0.4) is 0 Å². The van der Waals surface area contributed by atoms with Crippen LogP contribution in [0.4, 0.5) is 0 Å². The van der Waals surface area contributed by atoms with Gasteiger partial charge in [0, 0.05) is 0 Å². The predicted octanol–water partition coefficient (Wildman–Crippen LogP) is 1.85. The maximum Gasteiger partial charge on any atom is 0.298 e. The largest absolute Gasteiger partial charge is 0.464 e. The Morgan fingerprint density at radius 1 is 1.36 bits per heavy atom. The van der Waals surface area contributed by atoms with E-state index in [1.807, 2.05) is 0 Å². The average Bonchev–Trinajstić information content (AvgIpc) is 2.14. The number of rotatable bonds is 3. The van der Waals surface area contributed by atoms with Gasteiger partial charge < -0.3 is 4.74 Å². The molecule has 76 valence electrons. The topological polar surface area (TPSA) is 63.6 Å². The van der Waals surface area contributed by atoms with Gasteiger partial charge >= 0.3 is 0 Å². The summed E-state index contributed by atoms with van der Waals surface area (Å²) in [6.07, 6.45) is 2.95. The highest BCUT2D eigenvalue weighted by atomic mass is 32.2. The van der Waals surface area contributed by atoms with E-state index in [1.165, 1.54) is 24.5 Å². The van der Waals surface area contributed by atoms with E-state index < -0.39 is 10.1 Å². The number of para-hydroxylation sites is 1. The monoisotopic (exact) mass is 214 g/mol. The molecule has 4 nitrogen and oxygen atoms in total. The Morgan fingerprint density at radius 3 is 2.57 bits per heavy atom. The lowest BCUT2D eigenvalue weighted by atomic mass is 10.3. The van der Waals surface area contributed by atoms with E-state index in [4.69, 9.17) is 9.29 Å². The molecule has 1 N–H and O–H groups in total. The van der Waals surface area contributed by atoms with E-state index in [0.29, 0.717) is 0 Å². The Kier molecular flexibility index (Phi) is 3.27. The number of benzene rings is 1. The zero-order valence-electron chi connectivity index (χ0n) is 7.54. The maximum atomic E-state index is 10.9. The first kappa shape index (κ1) is 10.7. The van der Waals surface area contributed by atoms with Crippen LogP contribution in [-0.2, 0) is 10.1 Å². The lowest BCUT2D eigenvalue weighted by Crippen LogP contribution is -2.00. The Hall–Kier alpha value is -1.33. The van der Waals surface area contributed by atoms with Crippen molar-refractivity contribution in [3.63, 3.8) is 0 Å². The van der Waals surface area contributed by atoms with E-state index in [0.717, 1.165) is 0 Å². The van der Waals surface area contributed by atoms with E-state index in [2.05, 4.69) is 0 Å². The minimum absolute atomic E-state index is 0.105. The number of allylic oxidation sites excluding steroid dienone is 1. The highest BCUT2D eigenvalue weighted by molar-refractivity contribution is 7.86. The van der Waals surface area contributed by atoms with Crippen LogP contribution < -0.4 is 4.74 Å². The van der Waals surface area contributed by atoms with E-state index in [-0.39, 0.29) is 10.6 Å². The number of hydrogen-bond donors (Lipinski definition) is 1. The molecule has 0 aliphatic carbocycles. The van der Waals surface area contributed by atoms with Gasteiger partial charge in [0.05, 0.1) is 6.26 Å². The minimum atomic E-state index is -4.22. The average molecular weight is 214 g/mol. The summed E-state index contributed by atoms with van der Waals surface area (Å²) in [7, 11) is -4.22. The smallest absolute Gasteiger partial charge is 0.298 e. The second kappa shape index (κ2) is 4.26. The van der Waals surface area contributed by atoms with Crippen molar-refractivity contribution in [2.24, 2.45) is 0 Å². The van der Waals surface area contributed by atoms with Gasteiger partial charge in [-0.2, -0.15) is 8.42 Å². The van der Waals surface area contributed by atoms with Gasteiger partial charge in [-0.1, -0.05) is 18.2 Å². The molecule has 5 heteroatoms. The first-order valence-electron chi connectivity index (χ1n) is 3.90. The van der Waals surface area contributed by atoms with Gasteiger partial charge in [0.15, 0.2) is 0 Å². The minimum Gasteiger partial charge on any atom is -0.464 e. The lowest BCUT2D eigenvalue weighted by molar-refractivity contribution is 0.448. The van der Waals surface area contributed by atoms with Crippen molar-refractivity contribution in [3.05, 3.63) is 36.6 Å². The van der Waals surface area contributed by atoms with Crippen LogP contribution in [0.2, 0.25) is 0 Å². The molecule has 0 aliphatic rings. The Morgan fingerprint density at radius 2 is 2.00 bits per heavy atom. The van der Waals surface area contributed by atoms with Crippen LogP contribution >= 0.6 is 0 Å². The van der Waals surface area contributed by atoms with E-state index in [9.17, 15) is 8.42 Å². The summed E-state index contributed by atoms with van der Waals surface area (Å²) in [5.74, 6) is 0.105. The van der Waals surface area contributed by atoms with Gasteiger partial charge in [-0.05, 0) is 19.1 Å². The SMILES string of the molecule is C/C=C\Oc1ccccc1S(=O)(=O)O. The Bertz CT molecular complexity index is 434. The van der Waals surface area contributed by atoms with E-state index in [1.54, 1.807) is 19.1 Å². The highest BCUT2D eigenvalue weighted by Crippen LogP contribution is 2.22. The summed E-state index contributed by atoms with van der Waals surface area (Å²) in [6, 6.07) is 5.86. The summed E-state index contributed by atoms with van der Waals surface area (Å²) < 4.78 is 35.6. The fraction of sp³-hybridized carbons (Fsp3) is 0.111. The predicted molar refractivity (Wildman–Crippen MR) is 51.7 cm³/mol. The van der Waals surface area contributed by atoms with Gasteiger partial charge in [-0.25, -0.2) is 0 Å². The number of hydrogen-bond acceptors (Lipinski definition) is 3. The third kappa shape index (κ3) is 2.58. The summed E-state index contributed by atoms with van der Waals surface area (Å²) in [5.41, 5.74) is 0. The molecule has 1 aromatic rings. The molecule has 14 heavy (non-hydrogen) atoms. The first-order chi connectivity index (χ1) is 6.55. The normalized spacial score (nSPS) is 11.9. The molecule has 0 aromatic heterocycles. The van der Waals surface area contributed by atoms with Gasteiger partial charge in [0.25, 0.3) is 10.1 Å². The second-order valence-electron chi connectivity index (χ2n) is 2.51. The Labute approximate surface area is 82.6 Å². The molecule has 0 unspecified atom stereocenters.